The first-order chi connectivity index (χ1) is 12.0. The van der Waals surface area contributed by atoms with Crippen LogP contribution in [0.3, 0.4) is 0 Å². The van der Waals surface area contributed by atoms with Crippen molar-refractivity contribution in [1.29, 1.82) is 0 Å². The Balaban J connectivity index is 1.84. The van der Waals surface area contributed by atoms with Crippen molar-refractivity contribution in [2.75, 3.05) is 11.9 Å². The zero-order valence-corrected chi connectivity index (χ0v) is 14.2. The molecule has 2 aromatic rings. The number of carbonyl (C=O) groups is 3. The van der Waals surface area contributed by atoms with Gasteiger partial charge in [-0.25, -0.2) is 4.79 Å². The molecule has 25 heavy (non-hydrogen) atoms. The van der Waals surface area contributed by atoms with Crippen molar-refractivity contribution in [3.05, 3.63) is 65.2 Å². The lowest BCUT2D eigenvalue weighted by Gasteiger charge is -2.09. The molecule has 0 radical (unpaired) electrons. The topological polar surface area (TPSA) is 84.5 Å². The summed E-state index contributed by atoms with van der Waals surface area (Å²) in [6.45, 7) is 3.35. The maximum absolute atomic E-state index is 12.0. The normalized spacial score (nSPS) is 10.0. The molecule has 0 spiro atoms. The molecular weight excluding hydrogens is 320 g/mol. The number of aryl methyl sites for hydroxylation is 1. The molecule has 0 fully saturated rings. The summed E-state index contributed by atoms with van der Waals surface area (Å²) in [7, 11) is 0. The van der Waals surface area contributed by atoms with Crippen molar-refractivity contribution < 1.29 is 19.1 Å². The van der Waals surface area contributed by atoms with Crippen molar-refractivity contribution >= 4 is 23.5 Å². The van der Waals surface area contributed by atoms with Crippen LogP contribution in [0.2, 0.25) is 0 Å². The molecule has 0 aromatic heterocycles. The Bertz CT molecular complexity index is 786. The zero-order chi connectivity index (χ0) is 18.2. The molecule has 130 valence electrons. The summed E-state index contributed by atoms with van der Waals surface area (Å²) in [6, 6.07) is 14.0. The third-order valence-corrected chi connectivity index (χ3v) is 3.49. The van der Waals surface area contributed by atoms with E-state index in [2.05, 4.69) is 10.6 Å². The van der Waals surface area contributed by atoms with E-state index in [1.54, 1.807) is 18.2 Å². The van der Waals surface area contributed by atoms with E-state index in [1.165, 1.54) is 13.0 Å². The van der Waals surface area contributed by atoms with E-state index in [0.717, 1.165) is 11.1 Å². The molecule has 6 heteroatoms. The smallest absolute Gasteiger partial charge is 0.338 e. The average molecular weight is 340 g/mol. The second-order valence-corrected chi connectivity index (χ2v) is 5.54. The molecule has 2 aromatic carbocycles. The van der Waals surface area contributed by atoms with Gasteiger partial charge >= 0.3 is 5.97 Å². The second-order valence-electron chi connectivity index (χ2n) is 5.54. The first kappa shape index (κ1) is 18.2. The van der Waals surface area contributed by atoms with Crippen molar-refractivity contribution in [3.63, 3.8) is 0 Å². The van der Waals surface area contributed by atoms with Crippen LogP contribution in [-0.2, 0) is 20.9 Å². The minimum absolute atomic E-state index is 0.235. The van der Waals surface area contributed by atoms with Gasteiger partial charge in [-0.1, -0.05) is 30.3 Å². The van der Waals surface area contributed by atoms with Gasteiger partial charge in [-0.05, 0) is 36.2 Å². The number of anilines is 1. The van der Waals surface area contributed by atoms with E-state index in [0.29, 0.717) is 12.2 Å². The van der Waals surface area contributed by atoms with Gasteiger partial charge in [0.1, 0.15) is 0 Å². The van der Waals surface area contributed by atoms with E-state index >= 15 is 0 Å². The molecule has 0 aliphatic rings. The molecule has 0 saturated carbocycles. The number of hydrogen-bond donors (Lipinski definition) is 2. The highest BCUT2D eigenvalue weighted by Gasteiger charge is 2.11. The molecule has 0 aliphatic heterocycles. The number of amides is 2. The molecule has 6 nitrogen and oxygen atoms in total. The predicted octanol–water partition coefficient (Wildman–Crippen LogP) is 2.43. The van der Waals surface area contributed by atoms with Crippen LogP contribution in [0.1, 0.15) is 28.4 Å². The van der Waals surface area contributed by atoms with Crippen LogP contribution in [0.4, 0.5) is 5.69 Å². The quantitative estimate of drug-likeness (QED) is 0.791. The van der Waals surface area contributed by atoms with Crippen LogP contribution >= 0.6 is 0 Å². The maximum atomic E-state index is 12.0. The molecule has 0 heterocycles. The summed E-state index contributed by atoms with van der Waals surface area (Å²) in [6.07, 6.45) is 0. The highest BCUT2D eigenvalue weighted by Crippen LogP contribution is 2.11. The maximum Gasteiger partial charge on any atom is 0.338 e. The summed E-state index contributed by atoms with van der Waals surface area (Å²) >= 11 is 0. The number of esters is 1. The predicted molar refractivity (Wildman–Crippen MR) is 94.1 cm³/mol. The van der Waals surface area contributed by atoms with E-state index in [4.69, 9.17) is 4.74 Å². The minimum atomic E-state index is -0.627. The van der Waals surface area contributed by atoms with Crippen LogP contribution in [0.15, 0.2) is 48.5 Å². The molecule has 0 atom stereocenters. The van der Waals surface area contributed by atoms with Gasteiger partial charge in [-0.2, -0.15) is 0 Å². The van der Waals surface area contributed by atoms with Crippen molar-refractivity contribution in [3.8, 4) is 0 Å². The number of hydrogen-bond acceptors (Lipinski definition) is 4. The molecule has 0 unspecified atom stereocenters. The first-order valence-electron chi connectivity index (χ1n) is 7.81. The summed E-state index contributed by atoms with van der Waals surface area (Å²) in [5.41, 5.74) is 2.84. The third-order valence-electron chi connectivity index (χ3n) is 3.49. The summed E-state index contributed by atoms with van der Waals surface area (Å²) < 4.78 is 5.00. The number of carbonyl (C=O) groups excluding carboxylic acids is 3. The van der Waals surface area contributed by atoms with Gasteiger partial charge in [0.2, 0.25) is 5.91 Å². The first-order valence-corrected chi connectivity index (χ1v) is 7.81. The number of rotatable bonds is 6. The van der Waals surface area contributed by atoms with Crippen LogP contribution in [0.25, 0.3) is 0 Å². The van der Waals surface area contributed by atoms with Gasteiger partial charge in [0.25, 0.3) is 5.91 Å². The van der Waals surface area contributed by atoms with Crippen LogP contribution in [0.5, 0.6) is 0 Å². The largest absolute Gasteiger partial charge is 0.452 e. The fourth-order valence-electron chi connectivity index (χ4n) is 2.19. The Morgan fingerprint density at radius 3 is 2.52 bits per heavy atom. The Morgan fingerprint density at radius 1 is 1.04 bits per heavy atom. The number of benzene rings is 2. The van der Waals surface area contributed by atoms with E-state index in [9.17, 15) is 14.4 Å². The van der Waals surface area contributed by atoms with Gasteiger partial charge < -0.3 is 15.4 Å². The second kappa shape index (κ2) is 8.63. The highest BCUT2D eigenvalue weighted by atomic mass is 16.5. The monoisotopic (exact) mass is 340 g/mol. The number of nitrogens with one attached hydrogen (secondary N) is 2. The summed E-state index contributed by atoms with van der Waals surface area (Å²) in [5, 5.41) is 5.29. The molecule has 0 bridgehead atoms. The molecule has 2 amide bonds. The van der Waals surface area contributed by atoms with Crippen LogP contribution in [-0.4, -0.2) is 24.4 Å². The fourth-order valence-corrected chi connectivity index (χ4v) is 2.19. The van der Waals surface area contributed by atoms with Crippen LogP contribution < -0.4 is 10.6 Å². The van der Waals surface area contributed by atoms with E-state index < -0.39 is 5.97 Å². The van der Waals surface area contributed by atoms with Crippen molar-refractivity contribution in [1.82, 2.24) is 5.32 Å². The van der Waals surface area contributed by atoms with E-state index in [1.807, 2.05) is 31.2 Å². The molecule has 2 N–H and O–H groups in total. The zero-order valence-electron chi connectivity index (χ0n) is 14.2. The van der Waals surface area contributed by atoms with Gasteiger partial charge in [0, 0.05) is 19.2 Å². The molecule has 0 aliphatic carbocycles. The Hall–Kier alpha value is -3.15. The van der Waals surface area contributed by atoms with Gasteiger partial charge in [-0.15, -0.1) is 0 Å². The Morgan fingerprint density at radius 2 is 1.80 bits per heavy atom. The molecule has 2 rings (SSSR count). The van der Waals surface area contributed by atoms with Gasteiger partial charge in [0.05, 0.1) is 5.56 Å². The van der Waals surface area contributed by atoms with E-state index in [-0.39, 0.29) is 24.0 Å². The van der Waals surface area contributed by atoms with Crippen molar-refractivity contribution in [2.24, 2.45) is 0 Å². The standard InChI is InChI=1S/C19H20N2O4/c1-13-6-3-4-7-16(13)11-20-18(23)12-25-19(24)15-8-5-9-17(10-15)21-14(2)22/h3-10H,11-12H2,1-2H3,(H,20,23)(H,21,22). The van der Waals surface area contributed by atoms with Gasteiger partial charge in [0.15, 0.2) is 6.61 Å². The lowest BCUT2D eigenvalue weighted by Crippen LogP contribution is -2.28. The summed E-state index contributed by atoms with van der Waals surface area (Å²) in [4.78, 5) is 34.9. The Labute approximate surface area is 146 Å². The van der Waals surface area contributed by atoms with Crippen molar-refractivity contribution in [2.45, 2.75) is 20.4 Å². The molecule has 0 saturated heterocycles. The highest BCUT2D eigenvalue weighted by molar-refractivity contribution is 5.94. The lowest BCUT2D eigenvalue weighted by molar-refractivity contribution is -0.124. The average Bonchev–Trinajstić information content (AvgIpc) is 2.58. The Kier molecular flexibility index (Phi) is 6.28. The minimum Gasteiger partial charge on any atom is -0.452 e. The van der Waals surface area contributed by atoms with Gasteiger partial charge in [-0.3, -0.25) is 9.59 Å². The lowest BCUT2D eigenvalue weighted by atomic mass is 10.1. The summed E-state index contributed by atoms with van der Waals surface area (Å²) in [5.74, 6) is -1.24. The third kappa shape index (κ3) is 5.76. The van der Waals surface area contributed by atoms with Crippen LogP contribution in [0, 0.1) is 6.92 Å². The SMILES string of the molecule is CC(=O)Nc1cccc(C(=O)OCC(=O)NCc2ccccc2C)c1. The fraction of sp³-hybridized carbons (Fsp3) is 0.211. The molecular formula is C19H20N2O4. The number of ether oxygens (including phenoxy) is 1.